The molecule has 0 bridgehead atoms. The molecule has 2 nitrogen and oxygen atoms in total. The van der Waals surface area contributed by atoms with Crippen LogP contribution in [0.3, 0.4) is 0 Å². The Hall–Kier alpha value is -0.865. The Kier molecular flexibility index (Phi) is 2.84. The lowest BCUT2D eigenvalue weighted by molar-refractivity contribution is 0.405. The number of rotatable bonds is 2. The van der Waals surface area contributed by atoms with Crippen LogP contribution in [0.1, 0.15) is 11.1 Å². The van der Waals surface area contributed by atoms with Crippen molar-refractivity contribution in [2.45, 2.75) is 13.2 Å². The van der Waals surface area contributed by atoms with E-state index in [1.165, 1.54) is 12.1 Å². The average Bonchev–Trinajstić information content (AvgIpc) is 1.96. The standard InChI is InChI=1S/C8H10BFO2/c1-6-2-3-8(10)4-7(6)5-9(11)12/h2-4,11-12H,5H2,1H3. The van der Waals surface area contributed by atoms with Gasteiger partial charge in [-0.25, -0.2) is 4.39 Å². The first-order valence-electron chi connectivity index (χ1n) is 3.71. The van der Waals surface area contributed by atoms with Gasteiger partial charge in [-0.1, -0.05) is 6.07 Å². The lowest BCUT2D eigenvalue weighted by Crippen LogP contribution is -2.16. The Balaban J connectivity index is 2.90. The predicted octanol–water partition coefficient (Wildman–Crippen LogP) is 0.689. The molecule has 2 N–H and O–H groups in total. The third-order valence-electron chi connectivity index (χ3n) is 1.71. The van der Waals surface area contributed by atoms with Crippen LogP contribution in [0.2, 0.25) is 0 Å². The van der Waals surface area contributed by atoms with Gasteiger partial charge in [-0.15, -0.1) is 0 Å². The molecule has 4 heteroatoms. The largest absolute Gasteiger partial charge is 0.456 e. The van der Waals surface area contributed by atoms with Gasteiger partial charge in [0.2, 0.25) is 0 Å². The number of halogens is 1. The van der Waals surface area contributed by atoms with E-state index in [0.29, 0.717) is 5.56 Å². The molecule has 0 aliphatic heterocycles. The minimum atomic E-state index is -1.41. The van der Waals surface area contributed by atoms with Crippen LogP contribution < -0.4 is 0 Å². The van der Waals surface area contributed by atoms with Gasteiger partial charge in [0.1, 0.15) is 5.82 Å². The van der Waals surface area contributed by atoms with Crippen LogP contribution in [0.5, 0.6) is 0 Å². The molecule has 1 rings (SSSR count). The van der Waals surface area contributed by atoms with E-state index in [-0.39, 0.29) is 12.1 Å². The summed E-state index contributed by atoms with van der Waals surface area (Å²) in [7, 11) is -1.41. The van der Waals surface area contributed by atoms with E-state index >= 15 is 0 Å². The second kappa shape index (κ2) is 3.69. The van der Waals surface area contributed by atoms with E-state index in [1.54, 1.807) is 13.0 Å². The average molecular weight is 168 g/mol. The SMILES string of the molecule is Cc1ccc(F)cc1CB(O)O. The molecule has 0 atom stereocenters. The summed E-state index contributed by atoms with van der Waals surface area (Å²) >= 11 is 0. The highest BCUT2D eigenvalue weighted by atomic mass is 19.1. The first-order valence-corrected chi connectivity index (χ1v) is 3.71. The molecule has 0 unspecified atom stereocenters. The topological polar surface area (TPSA) is 40.5 Å². The molecule has 1 aromatic carbocycles. The Morgan fingerprint density at radius 2 is 2.08 bits per heavy atom. The van der Waals surface area contributed by atoms with E-state index in [2.05, 4.69) is 0 Å². The van der Waals surface area contributed by atoms with E-state index in [0.717, 1.165) is 5.56 Å². The van der Waals surface area contributed by atoms with Crippen molar-refractivity contribution >= 4 is 7.12 Å². The van der Waals surface area contributed by atoms with Crippen LogP contribution in [-0.2, 0) is 6.32 Å². The van der Waals surface area contributed by atoms with Gasteiger partial charge in [0.25, 0.3) is 0 Å². The molecule has 0 amide bonds. The van der Waals surface area contributed by atoms with Gasteiger partial charge < -0.3 is 10.0 Å². The fraction of sp³-hybridized carbons (Fsp3) is 0.250. The number of benzene rings is 1. The first-order chi connectivity index (χ1) is 5.59. The minimum Gasteiger partial charge on any atom is -0.427 e. The zero-order valence-corrected chi connectivity index (χ0v) is 6.79. The Bertz CT molecular complexity index is 276. The summed E-state index contributed by atoms with van der Waals surface area (Å²) in [4.78, 5) is 0. The summed E-state index contributed by atoms with van der Waals surface area (Å²) in [6.07, 6.45) is 0.0730. The zero-order chi connectivity index (χ0) is 9.14. The molecular formula is C8H10BFO2. The van der Waals surface area contributed by atoms with Gasteiger partial charge in [0.05, 0.1) is 0 Å². The van der Waals surface area contributed by atoms with Crippen molar-refractivity contribution in [2.75, 3.05) is 0 Å². The monoisotopic (exact) mass is 168 g/mol. The molecule has 0 aromatic heterocycles. The van der Waals surface area contributed by atoms with Crippen LogP contribution in [0.15, 0.2) is 18.2 Å². The highest BCUT2D eigenvalue weighted by Gasteiger charge is 2.10. The number of hydrogen-bond donors (Lipinski definition) is 2. The lowest BCUT2D eigenvalue weighted by atomic mass is 9.80. The van der Waals surface area contributed by atoms with Gasteiger partial charge in [0, 0.05) is 6.32 Å². The fourth-order valence-electron chi connectivity index (χ4n) is 1.06. The molecule has 0 aliphatic carbocycles. The van der Waals surface area contributed by atoms with Crippen molar-refractivity contribution in [1.82, 2.24) is 0 Å². The second-order valence-electron chi connectivity index (χ2n) is 2.76. The highest BCUT2D eigenvalue weighted by molar-refractivity contribution is 6.40. The second-order valence-corrected chi connectivity index (χ2v) is 2.76. The van der Waals surface area contributed by atoms with Crippen molar-refractivity contribution in [2.24, 2.45) is 0 Å². The van der Waals surface area contributed by atoms with Crippen LogP contribution in [0.25, 0.3) is 0 Å². The smallest absolute Gasteiger partial charge is 0.427 e. The van der Waals surface area contributed by atoms with Crippen molar-refractivity contribution in [3.8, 4) is 0 Å². The minimum absolute atomic E-state index is 0.0730. The quantitative estimate of drug-likeness (QED) is 0.637. The fourth-order valence-corrected chi connectivity index (χ4v) is 1.06. The van der Waals surface area contributed by atoms with Crippen LogP contribution in [0, 0.1) is 12.7 Å². The maximum atomic E-state index is 12.6. The summed E-state index contributed by atoms with van der Waals surface area (Å²) in [6.45, 7) is 1.80. The lowest BCUT2D eigenvalue weighted by Gasteiger charge is -2.04. The summed E-state index contributed by atoms with van der Waals surface area (Å²) in [5.41, 5.74) is 1.49. The van der Waals surface area contributed by atoms with Crippen molar-refractivity contribution in [3.63, 3.8) is 0 Å². The first kappa shape index (κ1) is 9.22. The van der Waals surface area contributed by atoms with Crippen molar-refractivity contribution in [1.29, 1.82) is 0 Å². The summed E-state index contributed by atoms with van der Waals surface area (Å²) in [6, 6.07) is 4.28. The normalized spacial score (nSPS) is 10.0. The van der Waals surface area contributed by atoms with Gasteiger partial charge in [-0.2, -0.15) is 0 Å². The maximum absolute atomic E-state index is 12.6. The molecule has 0 fully saturated rings. The van der Waals surface area contributed by atoms with Crippen LogP contribution in [-0.4, -0.2) is 17.2 Å². The van der Waals surface area contributed by atoms with Crippen LogP contribution >= 0.6 is 0 Å². The molecule has 0 heterocycles. The van der Waals surface area contributed by atoms with Gasteiger partial charge >= 0.3 is 7.12 Å². The highest BCUT2D eigenvalue weighted by Crippen LogP contribution is 2.10. The summed E-state index contributed by atoms with van der Waals surface area (Å²) in [5.74, 6) is -0.351. The molecule has 0 saturated carbocycles. The molecule has 12 heavy (non-hydrogen) atoms. The molecule has 64 valence electrons. The molecule has 1 aromatic rings. The molecule has 0 saturated heterocycles. The van der Waals surface area contributed by atoms with Gasteiger partial charge in [-0.05, 0) is 30.2 Å². The maximum Gasteiger partial charge on any atom is 0.456 e. The third-order valence-corrected chi connectivity index (χ3v) is 1.71. The van der Waals surface area contributed by atoms with Gasteiger partial charge in [0.15, 0.2) is 0 Å². The Morgan fingerprint density at radius 3 is 2.67 bits per heavy atom. The van der Waals surface area contributed by atoms with Crippen LogP contribution in [0.4, 0.5) is 4.39 Å². The molecule has 0 aliphatic rings. The third kappa shape index (κ3) is 2.32. The zero-order valence-electron chi connectivity index (χ0n) is 6.79. The predicted molar refractivity (Wildman–Crippen MR) is 45.0 cm³/mol. The van der Waals surface area contributed by atoms with E-state index < -0.39 is 7.12 Å². The summed E-state index contributed by atoms with van der Waals surface area (Å²) < 4.78 is 12.6. The van der Waals surface area contributed by atoms with E-state index in [1.807, 2.05) is 0 Å². The molecular weight excluding hydrogens is 158 g/mol. The van der Waals surface area contributed by atoms with Crippen molar-refractivity contribution < 1.29 is 14.4 Å². The van der Waals surface area contributed by atoms with E-state index in [4.69, 9.17) is 10.0 Å². The molecule has 0 spiro atoms. The number of aryl methyl sites for hydroxylation is 1. The van der Waals surface area contributed by atoms with E-state index in [9.17, 15) is 4.39 Å². The molecule has 0 radical (unpaired) electrons. The summed E-state index contributed by atoms with van der Waals surface area (Å²) in [5, 5.41) is 17.3. The Labute approximate surface area is 70.8 Å². The van der Waals surface area contributed by atoms with Gasteiger partial charge in [-0.3, -0.25) is 0 Å². The number of hydrogen-bond acceptors (Lipinski definition) is 2. The Morgan fingerprint density at radius 1 is 1.42 bits per heavy atom. The van der Waals surface area contributed by atoms with Crippen molar-refractivity contribution in [3.05, 3.63) is 35.1 Å².